The second-order valence-electron chi connectivity index (χ2n) is 8.44. The predicted octanol–water partition coefficient (Wildman–Crippen LogP) is 6.88. The molecule has 0 N–H and O–H groups in total. The zero-order chi connectivity index (χ0) is 19.3. The molecule has 3 heteroatoms. The van der Waals surface area contributed by atoms with Crippen LogP contribution in [0.3, 0.4) is 0 Å². The Morgan fingerprint density at radius 3 is 2.26 bits per heavy atom. The minimum absolute atomic E-state index is 0.115. The number of fused-ring (bicyclic) bond motifs is 2. The number of ether oxygens (including phenoxy) is 1. The van der Waals surface area contributed by atoms with Crippen molar-refractivity contribution in [3.63, 3.8) is 0 Å². The average molecular weight is 358 g/mol. The van der Waals surface area contributed by atoms with Crippen LogP contribution in [0, 0.1) is 20.8 Å². The minimum atomic E-state index is 0.115. The maximum absolute atomic E-state index is 6.14. The summed E-state index contributed by atoms with van der Waals surface area (Å²) in [5.41, 5.74) is 7.36. The van der Waals surface area contributed by atoms with Crippen molar-refractivity contribution in [1.82, 2.24) is 4.98 Å². The lowest BCUT2D eigenvalue weighted by molar-refractivity contribution is 0.474. The van der Waals surface area contributed by atoms with E-state index in [-0.39, 0.29) is 5.41 Å². The molecule has 0 fully saturated rings. The van der Waals surface area contributed by atoms with E-state index in [4.69, 9.17) is 4.74 Å². The molecule has 0 spiro atoms. The molecule has 1 aliphatic heterocycles. The van der Waals surface area contributed by atoms with Gasteiger partial charge in [0.15, 0.2) is 17.3 Å². The fraction of sp³-hybridized carbons (Fsp3) is 0.292. The van der Waals surface area contributed by atoms with Crippen LogP contribution in [0.15, 0.2) is 48.7 Å². The van der Waals surface area contributed by atoms with Gasteiger partial charge in [0.1, 0.15) is 0 Å². The zero-order valence-electron chi connectivity index (χ0n) is 16.9. The monoisotopic (exact) mass is 358 g/mol. The first-order valence-corrected chi connectivity index (χ1v) is 9.41. The molecule has 0 bridgehead atoms. The SMILES string of the molecule is Cc1ccc2c(c1)N(c1c(C)cc(C(C)(C)C)cc1C)c1ncccc1O2. The van der Waals surface area contributed by atoms with E-state index >= 15 is 0 Å². The molecule has 1 aromatic heterocycles. The molecule has 4 rings (SSSR count). The normalized spacial score (nSPS) is 13.0. The summed E-state index contributed by atoms with van der Waals surface area (Å²) >= 11 is 0. The topological polar surface area (TPSA) is 25.4 Å². The molecular weight excluding hydrogens is 332 g/mol. The Labute approximate surface area is 161 Å². The molecule has 27 heavy (non-hydrogen) atoms. The van der Waals surface area contributed by atoms with Crippen LogP contribution in [-0.4, -0.2) is 4.98 Å². The molecule has 0 atom stereocenters. The summed E-state index contributed by atoms with van der Waals surface area (Å²) in [6, 6.07) is 14.8. The number of nitrogens with zero attached hydrogens (tertiary/aromatic N) is 2. The van der Waals surface area contributed by atoms with Crippen molar-refractivity contribution in [3.8, 4) is 11.5 Å². The highest BCUT2D eigenvalue weighted by Gasteiger charge is 2.29. The van der Waals surface area contributed by atoms with Gasteiger partial charge in [0.05, 0.1) is 11.4 Å². The lowest BCUT2D eigenvalue weighted by Crippen LogP contribution is -2.20. The van der Waals surface area contributed by atoms with Gasteiger partial charge >= 0.3 is 0 Å². The Bertz CT molecular complexity index is 1010. The minimum Gasteiger partial charge on any atom is -0.451 e. The molecule has 0 amide bonds. The van der Waals surface area contributed by atoms with Crippen LogP contribution in [0.4, 0.5) is 17.2 Å². The number of aromatic nitrogens is 1. The smallest absolute Gasteiger partial charge is 0.181 e. The van der Waals surface area contributed by atoms with E-state index in [2.05, 4.69) is 75.7 Å². The van der Waals surface area contributed by atoms with Gasteiger partial charge in [-0.25, -0.2) is 4.98 Å². The summed E-state index contributed by atoms with van der Waals surface area (Å²) in [6.07, 6.45) is 1.82. The zero-order valence-corrected chi connectivity index (χ0v) is 16.9. The molecule has 1 aliphatic rings. The van der Waals surface area contributed by atoms with Crippen molar-refractivity contribution >= 4 is 17.2 Å². The Hall–Kier alpha value is -2.81. The van der Waals surface area contributed by atoms with Crippen LogP contribution in [0.5, 0.6) is 11.5 Å². The summed E-state index contributed by atoms with van der Waals surface area (Å²) < 4.78 is 6.14. The average Bonchev–Trinajstić information content (AvgIpc) is 2.60. The fourth-order valence-electron chi connectivity index (χ4n) is 3.72. The standard InChI is InChI=1S/C24H26N2O/c1-15-9-10-20-19(12-15)26(23-21(27-20)8-7-11-25-23)22-16(2)13-18(14-17(22)3)24(4,5)6/h7-14H,1-6H3. The Morgan fingerprint density at radius 2 is 1.59 bits per heavy atom. The molecule has 0 saturated carbocycles. The van der Waals surface area contributed by atoms with Gasteiger partial charge < -0.3 is 4.74 Å². The van der Waals surface area contributed by atoms with Crippen molar-refractivity contribution in [2.75, 3.05) is 4.90 Å². The third-order valence-electron chi connectivity index (χ3n) is 5.12. The number of rotatable bonds is 1. The van der Waals surface area contributed by atoms with Crippen molar-refractivity contribution in [2.24, 2.45) is 0 Å². The second kappa shape index (κ2) is 6.12. The van der Waals surface area contributed by atoms with Crippen LogP contribution in [0.2, 0.25) is 0 Å². The van der Waals surface area contributed by atoms with Gasteiger partial charge in [-0.1, -0.05) is 39.0 Å². The van der Waals surface area contributed by atoms with Crippen LogP contribution < -0.4 is 9.64 Å². The molecule has 0 saturated heterocycles. The van der Waals surface area contributed by atoms with E-state index in [1.165, 1.54) is 27.9 Å². The van der Waals surface area contributed by atoms with Gasteiger partial charge in [0.2, 0.25) is 0 Å². The van der Waals surface area contributed by atoms with Crippen molar-refractivity contribution in [2.45, 2.75) is 47.0 Å². The number of benzene rings is 2. The van der Waals surface area contributed by atoms with Crippen LogP contribution in [0.25, 0.3) is 0 Å². The maximum Gasteiger partial charge on any atom is 0.181 e. The predicted molar refractivity (Wildman–Crippen MR) is 112 cm³/mol. The Morgan fingerprint density at radius 1 is 0.889 bits per heavy atom. The fourth-order valence-corrected chi connectivity index (χ4v) is 3.72. The van der Waals surface area contributed by atoms with Crippen LogP contribution in [0.1, 0.15) is 43.0 Å². The number of pyridine rings is 1. The van der Waals surface area contributed by atoms with Gasteiger partial charge in [-0.3, -0.25) is 4.90 Å². The summed E-state index contributed by atoms with van der Waals surface area (Å²) in [7, 11) is 0. The van der Waals surface area contributed by atoms with Gasteiger partial charge in [0, 0.05) is 6.20 Å². The molecule has 138 valence electrons. The third-order valence-corrected chi connectivity index (χ3v) is 5.12. The highest BCUT2D eigenvalue weighted by molar-refractivity contribution is 5.87. The van der Waals surface area contributed by atoms with E-state index < -0.39 is 0 Å². The van der Waals surface area contributed by atoms with Crippen LogP contribution >= 0.6 is 0 Å². The summed E-state index contributed by atoms with van der Waals surface area (Å²) in [5.74, 6) is 2.48. The van der Waals surface area contributed by atoms with Crippen molar-refractivity contribution < 1.29 is 4.74 Å². The first-order valence-electron chi connectivity index (χ1n) is 9.41. The molecule has 0 aliphatic carbocycles. The molecular formula is C24H26N2O. The highest BCUT2D eigenvalue weighted by atomic mass is 16.5. The van der Waals surface area contributed by atoms with E-state index in [1.807, 2.05) is 24.4 Å². The molecule has 3 nitrogen and oxygen atoms in total. The number of aryl methyl sites for hydroxylation is 3. The van der Waals surface area contributed by atoms with Gasteiger partial charge in [-0.05, 0) is 72.7 Å². The number of anilines is 3. The molecule has 0 unspecified atom stereocenters. The quantitative estimate of drug-likeness (QED) is 0.371. The lowest BCUT2D eigenvalue weighted by Gasteiger charge is -2.34. The second-order valence-corrected chi connectivity index (χ2v) is 8.44. The van der Waals surface area contributed by atoms with Crippen molar-refractivity contribution in [1.29, 1.82) is 0 Å². The van der Waals surface area contributed by atoms with E-state index in [0.29, 0.717) is 0 Å². The first kappa shape index (κ1) is 17.6. The van der Waals surface area contributed by atoms with Gasteiger partial charge in [0.25, 0.3) is 0 Å². The molecule has 3 aromatic rings. The van der Waals surface area contributed by atoms with Crippen molar-refractivity contribution in [3.05, 3.63) is 70.9 Å². The third kappa shape index (κ3) is 2.97. The summed E-state index contributed by atoms with van der Waals surface area (Å²) in [4.78, 5) is 6.91. The summed E-state index contributed by atoms with van der Waals surface area (Å²) in [5, 5.41) is 0. The van der Waals surface area contributed by atoms with E-state index in [0.717, 1.165) is 23.0 Å². The lowest BCUT2D eigenvalue weighted by atomic mass is 9.84. The summed E-state index contributed by atoms with van der Waals surface area (Å²) in [6.45, 7) is 13.2. The molecule has 2 heterocycles. The molecule has 0 radical (unpaired) electrons. The van der Waals surface area contributed by atoms with E-state index in [1.54, 1.807) is 0 Å². The maximum atomic E-state index is 6.14. The highest BCUT2D eigenvalue weighted by Crippen LogP contribution is 2.51. The van der Waals surface area contributed by atoms with E-state index in [9.17, 15) is 0 Å². The molecule has 2 aromatic carbocycles. The van der Waals surface area contributed by atoms with Crippen LogP contribution in [-0.2, 0) is 5.41 Å². The first-order chi connectivity index (χ1) is 12.8. The van der Waals surface area contributed by atoms with Gasteiger partial charge in [-0.15, -0.1) is 0 Å². The number of hydrogen-bond donors (Lipinski definition) is 0. The van der Waals surface area contributed by atoms with Gasteiger partial charge in [-0.2, -0.15) is 0 Å². The largest absolute Gasteiger partial charge is 0.451 e. The Kier molecular flexibility index (Phi) is 3.99. The number of hydrogen-bond acceptors (Lipinski definition) is 3. The Balaban J connectivity index is 1.99.